The van der Waals surface area contributed by atoms with Crippen molar-refractivity contribution in [3.63, 3.8) is 0 Å². The van der Waals surface area contributed by atoms with Crippen molar-refractivity contribution in [2.24, 2.45) is 0 Å². The molecule has 1 amide bonds. The van der Waals surface area contributed by atoms with Crippen molar-refractivity contribution in [3.05, 3.63) is 65.9 Å². The van der Waals surface area contributed by atoms with Gasteiger partial charge < -0.3 is 14.5 Å². The molecule has 2 heterocycles. The number of carbonyl (C=O) groups excluding carboxylic acids is 1. The third kappa shape index (κ3) is 4.56. The van der Waals surface area contributed by atoms with Crippen molar-refractivity contribution in [1.82, 2.24) is 10.0 Å². The van der Waals surface area contributed by atoms with E-state index in [1.54, 1.807) is 0 Å². The normalized spacial score (nSPS) is 17.8. The van der Waals surface area contributed by atoms with Crippen molar-refractivity contribution >= 4 is 26.9 Å². The quantitative estimate of drug-likeness (QED) is 0.601. The first-order chi connectivity index (χ1) is 14.4. The molecule has 8 heteroatoms. The first-order valence-electron chi connectivity index (χ1n) is 9.93. The smallest absolute Gasteiger partial charge is 0.251 e. The van der Waals surface area contributed by atoms with Gasteiger partial charge in [-0.05, 0) is 56.2 Å². The van der Waals surface area contributed by atoms with Gasteiger partial charge in [-0.2, -0.15) is 0 Å². The Balaban J connectivity index is 1.39. The van der Waals surface area contributed by atoms with Gasteiger partial charge in [0.05, 0.1) is 17.0 Å². The van der Waals surface area contributed by atoms with E-state index in [0.717, 1.165) is 23.8 Å². The summed E-state index contributed by atoms with van der Waals surface area (Å²) in [5.74, 6) is 0.348. The molecule has 1 aliphatic heterocycles. The van der Waals surface area contributed by atoms with Gasteiger partial charge in [0.1, 0.15) is 11.3 Å². The SMILES string of the molecule is C[C@@H](NC(=O)c1ccc(S(=O)(=O)NC[C@@H]2CCCO2)cc1)c1cc2ccccc2o1. The summed E-state index contributed by atoms with van der Waals surface area (Å²) in [6.45, 7) is 2.76. The Bertz CT molecular complexity index is 1100. The number of ether oxygens (including phenoxy) is 1. The number of hydrogen-bond acceptors (Lipinski definition) is 5. The van der Waals surface area contributed by atoms with E-state index in [4.69, 9.17) is 9.15 Å². The van der Waals surface area contributed by atoms with Crippen LogP contribution in [0.1, 0.15) is 41.9 Å². The zero-order chi connectivity index (χ0) is 21.1. The maximum absolute atomic E-state index is 12.6. The largest absolute Gasteiger partial charge is 0.459 e. The fourth-order valence-corrected chi connectivity index (χ4v) is 4.51. The van der Waals surface area contributed by atoms with Gasteiger partial charge in [0.2, 0.25) is 10.0 Å². The molecule has 0 aliphatic carbocycles. The molecule has 0 bridgehead atoms. The van der Waals surface area contributed by atoms with E-state index in [2.05, 4.69) is 10.0 Å². The zero-order valence-electron chi connectivity index (χ0n) is 16.6. The number of carbonyl (C=O) groups is 1. The second kappa shape index (κ2) is 8.59. The number of fused-ring (bicyclic) bond motifs is 1. The molecule has 2 N–H and O–H groups in total. The van der Waals surface area contributed by atoms with Crippen LogP contribution in [0.4, 0.5) is 0 Å². The lowest BCUT2D eigenvalue weighted by Crippen LogP contribution is -2.32. The van der Waals surface area contributed by atoms with Crippen molar-refractivity contribution in [2.75, 3.05) is 13.2 Å². The lowest BCUT2D eigenvalue weighted by atomic mass is 10.1. The lowest BCUT2D eigenvalue weighted by molar-refractivity contribution is 0.0935. The van der Waals surface area contributed by atoms with Crippen LogP contribution in [-0.2, 0) is 14.8 Å². The van der Waals surface area contributed by atoms with Crippen molar-refractivity contribution in [1.29, 1.82) is 0 Å². The minimum atomic E-state index is -3.65. The van der Waals surface area contributed by atoms with Gasteiger partial charge in [-0.25, -0.2) is 13.1 Å². The Kier molecular flexibility index (Phi) is 5.90. The Hall–Kier alpha value is -2.68. The molecule has 30 heavy (non-hydrogen) atoms. The van der Waals surface area contributed by atoms with Crippen LogP contribution in [0.3, 0.4) is 0 Å². The molecular weight excluding hydrogens is 404 g/mol. The Morgan fingerprint density at radius 2 is 1.93 bits per heavy atom. The fourth-order valence-electron chi connectivity index (χ4n) is 3.44. The van der Waals surface area contributed by atoms with Gasteiger partial charge in [-0.15, -0.1) is 0 Å². The maximum atomic E-state index is 12.6. The van der Waals surface area contributed by atoms with Crippen LogP contribution in [0, 0.1) is 0 Å². The molecule has 158 valence electrons. The Morgan fingerprint density at radius 1 is 1.17 bits per heavy atom. The number of furan rings is 1. The molecule has 4 rings (SSSR count). The number of benzene rings is 2. The molecule has 1 fully saturated rings. The van der Waals surface area contributed by atoms with Crippen molar-refractivity contribution < 1.29 is 22.4 Å². The highest BCUT2D eigenvalue weighted by molar-refractivity contribution is 7.89. The summed E-state index contributed by atoms with van der Waals surface area (Å²) >= 11 is 0. The van der Waals surface area contributed by atoms with Crippen LogP contribution >= 0.6 is 0 Å². The topological polar surface area (TPSA) is 97.6 Å². The van der Waals surface area contributed by atoms with Crippen LogP contribution in [0.15, 0.2) is 63.9 Å². The van der Waals surface area contributed by atoms with E-state index in [9.17, 15) is 13.2 Å². The van der Waals surface area contributed by atoms with Crippen molar-refractivity contribution in [2.45, 2.75) is 36.8 Å². The third-order valence-electron chi connectivity index (χ3n) is 5.17. The standard InChI is InChI=1S/C22H24N2O5S/c1-15(21-13-17-5-2-3-7-20(17)29-21)24-22(25)16-8-10-19(11-9-16)30(26,27)23-14-18-6-4-12-28-18/h2-3,5,7-11,13,15,18,23H,4,6,12,14H2,1H3,(H,24,25)/t15-,18+/m1/s1. The van der Waals surface area contributed by atoms with Crippen LogP contribution in [0.5, 0.6) is 0 Å². The summed E-state index contributed by atoms with van der Waals surface area (Å²) in [6.07, 6.45) is 1.72. The van der Waals surface area contributed by atoms with E-state index < -0.39 is 10.0 Å². The molecular formula is C22H24N2O5S. The molecule has 1 aromatic heterocycles. The minimum absolute atomic E-state index is 0.0791. The molecule has 0 radical (unpaired) electrons. The predicted molar refractivity (Wildman–Crippen MR) is 113 cm³/mol. The van der Waals surface area contributed by atoms with E-state index in [-0.39, 0.29) is 29.5 Å². The first kappa shape index (κ1) is 20.6. The van der Waals surface area contributed by atoms with E-state index in [0.29, 0.717) is 17.9 Å². The number of hydrogen-bond donors (Lipinski definition) is 2. The molecule has 2 aromatic carbocycles. The highest BCUT2D eigenvalue weighted by atomic mass is 32.2. The van der Waals surface area contributed by atoms with Crippen LogP contribution in [-0.4, -0.2) is 33.6 Å². The molecule has 1 saturated heterocycles. The van der Waals surface area contributed by atoms with Gasteiger partial charge in [0.15, 0.2) is 0 Å². The van der Waals surface area contributed by atoms with Gasteiger partial charge in [0.25, 0.3) is 5.91 Å². The number of nitrogens with one attached hydrogen (secondary N) is 2. The van der Waals surface area contributed by atoms with Crippen LogP contribution < -0.4 is 10.0 Å². The molecule has 0 unspecified atom stereocenters. The van der Waals surface area contributed by atoms with Gasteiger partial charge in [-0.1, -0.05) is 18.2 Å². The van der Waals surface area contributed by atoms with Gasteiger partial charge in [-0.3, -0.25) is 4.79 Å². The van der Waals surface area contributed by atoms with E-state index in [1.807, 2.05) is 37.3 Å². The zero-order valence-corrected chi connectivity index (χ0v) is 17.4. The summed E-state index contributed by atoms with van der Waals surface area (Å²) in [5.41, 5.74) is 1.13. The highest BCUT2D eigenvalue weighted by Gasteiger charge is 2.21. The maximum Gasteiger partial charge on any atom is 0.251 e. The average Bonchev–Trinajstić information content (AvgIpc) is 3.42. The molecule has 7 nitrogen and oxygen atoms in total. The highest BCUT2D eigenvalue weighted by Crippen LogP contribution is 2.24. The molecule has 2 atom stereocenters. The number of amides is 1. The second-order valence-corrected chi connectivity index (χ2v) is 9.16. The minimum Gasteiger partial charge on any atom is -0.459 e. The van der Waals surface area contributed by atoms with E-state index in [1.165, 1.54) is 24.3 Å². The summed E-state index contributed by atoms with van der Waals surface area (Å²) in [7, 11) is -3.65. The average molecular weight is 429 g/mol. The Labute approximate surface area is 175 Å². The lowest BCUT2D eigenvalue weighted by Gasteiger charge is -2.13. The third-order valence-corrected chi connectivity index (χ3v) is 6.61. The molecule has 3 aromatic rings. The van der Waals surface area contributed by atoms with Crippen molar-refractivity contribution in [3.8, 4) is 0 Å². The monoisotopic (exact) mass is 428 g/mol. The molecule has 1 aliphatic rings. The molecule has 0 saturated carbocycles. The number of rotatable bonds is 7. The summed E-state index contributed by atoms with van der Waals surface area (Å²) < 4.78 is 38.7. The van der Waals surface area contributed by atoms with Gasteiger partial charge >= 0.3 is 0 Å². The summed E-state index contributed by atoms with van der Waals surface area (Å²) in [5, 5.41) is 3.85. The summed E-state index contributed by atoms with van der Waals surface area (Å²) in [6, 6.07) is 15.1. The number of sulfonamides is 1. The first-order valence-corrected chi connectivity index (χ1v) is 11.4. The molecule has 0 spiro atoms. The predicted octanol–water partition coefficient (Wildman–Crippen LogP) is 3.38. The summed E-state index contributed by atoms with van der Waals surface area (Å²) in [4.78, 5) is 12.7. The van der Waals surface area contributed by atoms with Gasteiger partial charge in [0, 0.05) is 24.1 Å². The van der Waals surface area contributed by atoms with E-state index >= 15 is 0 Å². The van der Waals surface area contributed by atoms with Crippen LogP contribution in [0.25, 0.3) is 11.0 Å². The van der Waals surface area contributed by atoms with Crippen LogP contribution in [0.2, 0.25) is 0 Å². The fraction of sp³-hybridized carbons (Fsp3) is 0.318. The second-order valence-electron chi connectivity index (χ2n) is 7.39. The number of para-hydroxylation sites is 1. The Morgan fingerprint density at radius 3 is 2.63 bits per heavy atom.